The van der Waals surface area contributed by atoms with Crippen molar-refractivity contribution in [2.45, 2.75) is 11.8 Å². The van der Waals surface area contributed by atoms with Crippen LogP contribution in [0.3, 0.4) is 0 Å². The van der Waals surface area contributed by atoms with Gasteiger partial charge >= 0.3 is 0 Å². The Morgan fingerprint density at radius 2 is 1.70 bits per heavy atom. The van der Waals surface area contributed by atoms with Crippen LogP contribution in [0.4, 0.5) is 15.8 Å². The second kappa shape index (κ2) is 7.53. The number of halogens is 2. The van der Waals surface area contributed by atoms with Gasteiger partial charge in [0.2, 0.25) is 0 Å². The minimum Gasteiger partial charge on any atom is -0.444 e. The van der Waals surface area contributed by atoms with Crippen LogP contribution in [0.15, 0.2) is 68.6 Å². The first-order chi connectivity index (χ1) is 12.7. The van der Waals surface area contributed by atoms with E-state index in [-0.39, 0.29) is 22.0 Å². The highest BCUT2D eigenvalue weighted by atomic mass is 79.9. The quantitative estimate of drug-likeness (QED) is 0.594. The Labute approximate surface area is 163 Å². The highest BCUT2D eigenvalue weighted by molar-refractivity contribution is 9.10. The molecule has 2 N–H and O–H groups in total. The van der Waals surface area contributed by atoms with Gasteiger partial charge in [-0.3, -0.25) is 9.52 Å². The van der Waals surface area contributed by atoms with Crippen molar-refractivity contribution < 1.29 is 22.0 Å². The fourth-order valence-electron chi connectivity index (χ4n) is 2.32. The molecule has 3 rings (SSSR count). The molecule has 0 saturated carbocycles. The van der Waals surface area contributed by atoms with E-state index in [1.807, 2.05) is 0 Å². The summed E-state index contributed by atoms with van der Waals surface area (Å²) in [6.07, 6.45) is 0. The van der Waals surface area contributed by atoms with Crippen molar-refractivity contribution in [2.75, 3.05) is 10.0 Å². The third-order valence-corrected chi connectivity index (χ3v) is 5.58. The first-order valence-electron chi connectivity index (χ1n) is 7.70. The average molecular weight is 453 g/mol. The van der Waals surface area contributed by atoms with Crippen LogP contribution >= 0.6 is 15.9 Å². The zero-order valence-electron chi connectivity index (χ0n) is 14.0. The Morgan fingerprint density at radius 3 is 2.33 bits per heavy atom. The third kappa shape index (κ3) is 4.55. The molecule has 0 aliphatic rings. The number of amides is 1. The number of furan rings is 1. The van der Waals surface area contributed by atoms with Crippen molar-refractivity contribution in [1.29, 1.82) is 0 Å². The van der Waals surface area contributed by atoms with Gasteiger partial charge in [0.1, 0.15) is 5.82 Å². The van der Waals surface area contributed by atoms with E-state index in [1.54, 1.807) is 25.1 Å². The number of carbonyl (C=O) groups is 1. The van der Waals surface area contributed by atoms with Crippen LogP contribution < -0.4 is 10.0 Å². The molecule has 6 nitrogen and oxygen atoms in total. The Kier molecular flexibility index (Phi) is 5.33. The lowest BCUT2D eigenvalue weighted by atomic mass is 10.2. The summed E-state index contributed by atoms with van der Waals surface area (Å²) in [5.41, 5.74) is 1.01. The maximum atomic E-state index is 13.0. The molecule has 0 atom stereocenters. The van der Waals surface area contributed by atoms with Crippen LogP contribution in [0.5, 0.6) is 0 Å². The van der Waals surface area contributed by atoms with Crippen molar-refractivity contribution in [3.8, 4) is 0 Å². The fourth-order valence-corrected chi connectivity index (χ4v) is 3.96. The van der Waals surface area contributed by atoms with Crippen LogP contribution in [0.2, 0.25) is 0 Å². The number of benzene rings is 2. The zero-order chi connectivity index (χ0) is 19.6. The van der Waals surface area contributed by atoms with Gasteiger partial charge in [0.15, 0.2) is 10.4 Å². The summed E-state index contributed by atoms with van der Waals surface area (Å²) in [6, 6.07) is 12.5. The molecule has 9 heteroatoms. The first kappa shape index (κ1) is 19.1. The molecule has 3 aromatic rings. The Morgan fingerprint density at radius 1 is 1.04 bits per heavy atom. The van der Waals surface area contributed by atoms with Crippen LogP contribution in [0, 0.1) is 12.7 Å². The van der Waals surface area contributed by atoms with Gasteiger partial charge in [0.25, 0.3) is 15.9 Å². The molecule has 0 radical (unpaired) electrons. The molecule has 0 saturated heterocycles. The van der Waals surface area contributed by atoms with E-state index in [4.69, 9.17) is 4.42 Å². The summed E-state index contributed by atoms with van der Waals surface area (Å²) in [5, 5.41) is 2.59. The Hall–Kier alpha value is -2.65. The summed E-state index contributed by atoms with van der Waals surface area (Å²) in [5.74, 6) is -0.904. The van der Waals surface area contributed by atoms with Gasteiger partial charge in [0.05, 0.1) is 4.90 Å². The maximum Gasteiger partial charge on any atom is 0.291 e. The lowest BCUT2D eigenvalue weighted by molar-refractivity contribution is 0.0995. The molecule has 27 heavy (non-hydrogen) atoms. The van der Waals surface area contributed by atoms with Crippen molar-refractivity contribution in [3.05, 3.63) is 76.4 Å². The summed E-state index contributed by atoms with van der Waals surface area (Å²) in [7, 11) is -3.93. The molecule has 1 heterocycles. The highest BCUT2D eigenvalue weighted by Crippen LogP contribution is 2.24. The molecule has 140 valence electrons. The smallest absolute Gasteiger partial charge is 0.291 e. The first-order valence-corrected chi connectivity index (χ1v) is 9.98. The van der Waals surface area contributed by atoms with E-state index in [2.05, 4.69) is 26.0 Å². The predicted molar refractivity (Wildman–Crippen MR) is 103 cm³/mol. The minimum atomic E-state index is -3.93. The normalized spacial score (nSPS) is 11.2. The lowest BCUT2D eigenvalue weighted by Gasteiger charge is -2.12. The van der Waals surface area contributed by atoms with E-state index < -0.39 is 21.7 Å². The summed E-state index contributed by atoms with van der Waals surface area (Å²) < 4.78 is 46.3. The third-order valence-electron chi connectivity index (χ3n) is 3.63. The predicted octanol–water partition coefficient (Wildman–Crippen LogP) is 4.54. The average Bonchev–Trinajstić information content (AvgIpc) is 3.05. The standard InChI is InChI=1S/C18H14BrFN2O4S/c1-11-2-5-14(21-18(23)15-8-9-17(19)26-15)10-16(11)27(24,25)22-13-6-3-12(20)4-7-13/h2-10,22H,1H3,(H,21,23). The van der Waals surface area contributed by atoms with Crippen LogP contribution in [0.1, 0.15) is 16.1 Å². The van der Waals surface area contributed by atoms with E-state index in [0.29, 0.717) is 10.2 Å². The SMILES string of the molecule is Cc1ccc(NC(=O)c2ccc(Br)o2)cc1S(=O)(=O)Nc1ccc(F)cc1. The number of hydrogen-bond donors (Lipinski definition) is 2. The van der Waals surface area contributed by atoms with Gasteiger partial charge < -0.3 is 9.73 Å². The van der Waals surface area contributed by atoms with E-state index in [1.165, 1.54) is 24.3 Å². The van der Waals surface area contributed by atoms with Crippen LogP contribution in [-0.2, 0) is 10.0 Å². The molecule has 0 aliphatic carbocycles. The van der Waals surface area contributed by atoms with Crippen LogP contribution in [-0.4, -0.2) is 14.3 Å². The Bertz CT molecular complexity index is 1090. The Balaban J connectivity index is 1.85. The van der Waals surface area contributed by atoms with Gasteiger partial charge in [-0.2, -0.15) is 0 Å². The largest absolute Gasteiger partial charge is 0.444 e. The number of sulfonamides is 1. The van der Waals surface area contributed by atoms with Gasteiger partial charge in [-0.1, -0.05) is 6.07 Å². The molecule has 1 aromatic heterocycles. The van der Waals surface area contributed by atoms with Crippen LogP contribution in [0.25, 0.3) is 0 Å². The van der Waals surface area contributed by atoms with E-state index in [0.717, 1.165) is 12.1 Å². The second-order valence-corrected chi connectivity index (χ2v) is 8.08. The van der Waals surface area contributed by atoms with Crippen molar-refractivity contribution in [3.63, 3.8) is 0 Å². The molecule has 1 amide bonds. The topological polar surface area (TPSA) is 88.4 Å². The number of carbonyl (C=O) groups excluding carboxylic acids is 1. The number of nitrogens with one attached hydrogen (secondary N) is 2. The van der Waals surface area contributed by atoms with Gasteiger partial charge in [0, 0.05) is 11.4 Å². The molecule has 0 unspecified atom stereocenters. The fraction of sp³-hybridized carbons (Fsp3) is 0.0556. The van der Waals surface area contributed by atoms with Gasteiger partial charge in [-0.25, -0.2) is 12.8 Å². The van der Waals surface area contributed by atoms with Gasteiger partial charge in [-0.05, 0) is 76.9 Å². The number of hydrogen-bond acceptors (Lipinski definition) is 4. The molecule has 0 spiro atoms. The zero-order valence-corrected chi connectivity index (χ0v) is 16.4. The summed E-state index contributed by atoms with van der Waals surface area (Å²) in [4.78, 5) is 12.2. The lowest BCUT2D eigenvalue weighted by Crippen LogP contribution is -2.16. The molecule has 2 aromatic carbocycles. The van der Waals surface area contributed by atoms with Crippen molar-refractivity contribution >= 4 is 43.2 Å². The number of anilines is 2. The van der Waals surface area contributed by atoms with E-state index in [9.17, 15) is 17.6 Å². The molecule has 0 bridgehead atoms. The number of aryl methyl sites for hydroxylation is 1. The molecule has 0 fully saturated rings. The van der Waals surface area contributed by atoms with E-state index >= 15 is 0 Å². The molecule has 0 aliphatic heterocycles. The molecular weight excluding hydrogens is 439 g/mol. The monoisotopic (exact) mass is 452 g/mol. The second-order valence-electron chi connectivity index (χ2n) is 5.65. The van der Waals surface area contributed by atoms with Crippen molar-refractivity contribution in [1.82, 2.24) is 0 Å². The maximum absolute atomic E-state index is 13.0. The van der Waals surface area contributed by atoms with Crippen molar-refractivity contribution in [2.24, 2.45) is 0 Å². The van der Waals surface area contributed by atoms with Gasteiger partial charge in [-0.15, -0.1) is 0 Å². The molecular formula is C18H14BrFN2O4S. The minimum absolute atomic E-state index is 0.00903. The number of rotatable bonds is 5. The highest BCUT2D eigenvalue weighted by Gasteiger charge is 2.19. The summed E-state index contributed by atoms with van der Waals surface area (Å²) >= 11 is 3.11. The summed E-state index contributed by atoms with van der Waals surface area (Å²) in [6.45, 7) is 1.63.